The van der Waals surface area contributed by atoms with Crippen molar-refractivity contribution in [2.24, 2.45) is 0 Å². The Hall–Kier alpha value is -0.930. The van der Waals surface area contributed by atoms with Gasteiger partial charge in [0.1, 0.15) is 24.9 Å². The molecule has 0 saturated carbocycles. The monoisotopic (exact) mass is 487 g/mol. The minimum absolute atomic E-state index is 0.0164. The molecule has 10 nitrogen and oxygen atoms in total. The molecule has 25 heavy (non-hydrogen) atoms. The van der Waals surface area contributed by atoms with Crippen LogP contribution in [0.4, 0.5) is 10.6 Å². The summed E-state index contributed by atoms with van der Waals surface area (Å²) in [6.45, 7) is -0.279. The lowest BCUT2D eigenvalue weighted by Crippen LogP contribution is -2.36. The maximum atomic E-state index is 12.2. The normalized spacial score (nSPS) is 25.8. The van der Waals surface area contributed by atoms with Gasteiger partial charge >= 0.3 is 11.8 Å². The molecule has 0 aromatic carbocycles. The predicted octanol–water partition coefficient (Wildman–Crippen LogP) is -0.629. The first kappa shape index (κ1) is 20.4. The molecule has 1 saturated heterocycles. The zero-order valence-electron chi connectivity index (χ0n) is 13.2. The van der Waals surface area contributed by atoms with Crippen molar-refractivity contribution in [1.82, 2.24) is 9.55 Å². The van der Waals surface area contributed by atoms with Gasteiger partial charge in [0.2, 0.25) is 0 Å². The van der Waals surface area contributed by atoms with Crippen LogP contribution in [0.5, 0.6) is 0 Å². The van der Waals surface area contributed by atoms with Gasteiger partial charge in [-0.2, -0.15) is 16.7 Å². The lowest BCUT2D eigenvalue weighted by Gasteiger charge is -2.18. The minimum Gasteiger partial charge on any atom is -0.448 e. The van der Waals surface area contributed by atoms with Crippen LogP contribution in [0.3, 0.4) is 0 Å². The molecule has 1 amide bonds. The maximum Gasteiger partial charge on any atom is 0.412 e. The summed E-state index contributed by atoms with van der Waals surface area (Å²) >= 11 is 3.37. The van der Waals surface area contributed by atoms with E-state index in [2.05, 4.69) is 10.3 Å². The van der Waals surface area contributed by atoms with E-state index in [1.807, 2.05) is 28.8 Å². The van der Waals surface area contributed by atoms with Crippen LogP contribution >= 0.6 is 34.4 Å². The van der Waals surface area contributed by atoms with Crippen molar-refractivity contribution >= 4 is 46.3 Å². The second-order valence-electron chi connectivity index (χ2n) is 5.11. The van der Waals surface area contributed by atoms with Crippen molar-refractivity contribution < 1.29 is 29.6 Å². The van der Waals surface area contributed by atoms with Crippen LogP contribution in [-0.2, 0) is 9.47 Å². The van der Waals surface area contributed by atoms with E-state index in [0.29, 0.717) is 9.32 Å². The molecule has 0 radical (unpaired) electrons. The fourth-order valence-corrected chi connectivity index (χ4v) is 2.98. The number of amides is 1. The minimum atomic E-state index is -1.40. The molecular weight excluding hydrogens is 469 g/mol. The third-order valence-electron chi connectivity index (χ3n) is 3.44. The quantitative estimate of drug-likeness (QED) is 0.305. The van der Waals surface area contributed by atoms with Gasteiger partial charge in [-0.3, -0.25) is 9.88 Å². The molecule has 0 bridgehead atoms. The third kappa shape index (κ3) is 4.83. The van der Waals surface area contributed by atoms with Crippen LogP contribution in [-0.4, -0.2) is 74.5 Å². The van der Waals surface area contributed by atoms with E-state index in [-0.39, 0.29) is 12.4 Å². The van der Waals surface area contributed by atoms with Gasteiger partial charge in [0.15, 0.2) is 12.0 Å². The van der Waals surface area contributed by atoms with E-state index in [1.165, 1.54) is 18.0 Å². The third-order valence-corrected chi connectivity index (χ3v) is 4.80. The molecule has 1 aromatic rings. The Bertz CT molecular complexity index is 674. The molecule has 0 spiro atoms. The van der Waals surface area contributed by atoms with Crippen LogP contribution in [0.2, 0.25) is 0 Å². The average Bonchev–Trinajstić information content (AvgIpc) is 2.86. The number of aliphatic hydroxyl groups excluding tert-OH is 3. The van der Waals surface area contributed by atoms with Crippen LogP contribution in [0, 0.1) is 3.57 Å². The topological polar surface area (TPSA) is 143 Å². The van der Waals surface area contributed by atoms with Gasteiger partial charge in [0.05, 0.1) is 10.2 Å². The molecule has 1 unspecified atom stereocenters. The van der Waals surface area contributed by atoms with Gasteiger partial charge in [0.25, 0.3) is 0 Å². The summed E-state index contributed by atoms with van der Waals surface area (Å²) in [6.07, 6.45) is -2.45. The van der Waals surface area contributed by atoms with Crippen molar-refractivity contribution in [3.63, 3.8) is 0 Å². The molecule has 140 valence electrons. The standard InChI is InChI=1S/C13H18IN3O7S/c1-25-3-2-23-13(22)16-10-6(14)4-17(12(21)15-10)11-9(20)8(19)7(5-18)24-11/h4,7-9,11,18-20H,2-3,5H2,1H3,(H,15,16,21,22)/t7-,8-,9-,11?/m1/s1. The molecule has 1 fully saturated rings. The molecule has 1 aromatic heterocycles. The fourth-order valence-electron chi connectivity index (χ4n) is 2.18. The highest BCUT2D eigenvalue weighted by Gasteiger charge is 2.43. The second kappa shape index (κ2) is 9.14. The van der Waals surface area contributed by atoms with Gasteiger partial charge in [-0.05, 0) is 28.8 Å². The van der Waals surface area contributed by atoms with Crippen molar-refractivity contribution in [3.05, 3.63) is 20.3 Å². The highest BCUT2D eigenvalue weighted by molar-refractivity contribution is 14.1. The Kier molecular flexibility index (Phi) is 7.45. The van der Waals surface area contributed by atoms with Crippen LogP contribution < -0.4 is 11.0 Å². The SMILES string of the molecule is CSCCOC(=O)Nc1nc(=O)n(C2O[C@H](CO)[C@@H](O)[C@H]2O)cc1I. The summed E-state index contributed by atoms with van der Waals surface area (Å²) in [5.41, 5.74) is -0.797. The first-order valence-corrected chi connectivity index (χ1v) is 9.70. The molecule has 12 heteroatoms. The lowest BCUT2D eigenvalue weighted by molar-refractivity contribution is -0.0550. The Morgan fingerprint density at radius 2 is 2.24 bits per heavy atom. The summed E-state index contributed by atoms with van der Waals surface area (Å²) in [5, 5.41) is 31.3. The number of hydrogen-bond donors (Lipinski definition) is 4. The number of nitrogens with one attached hydrogen (secondary N) is 1. The van der Waals surface area contributed by atoms with Crippen molar-refractivity contribution in [1.29, 1.82) is 0 Å². The number of ether oxygens (including phenoxy) is 2. The molecule has 2 rings (SSSR count). The van der Waals surface area contributed by atoms with E-state index in [0.717, 1.165) is 4.57 Å². The van der Waals surface area contributed by atoms with Gasteiger partial charge < -0.3 is 24.8 Å². The number of carbonyl (C=O) groups excluding carboxylic acids is 1. The Morgan fingerprint density at radius 1 is 1.52 bits per heavy atom. The number of aliphatic hydroxyl groups is 3. The average molecular weight is 487 g/mol. The number of carbonyl (C=O) groups is 1. The van der Waals surface area contributed by atoms with E-state index in [9.17, 15) is 19.8 Å². The van der Waals surface area contributed by atoms with Crippen molar-refractivity contribution in [2.75, 3.05) is 30.5 Å². The summed E-state index contributed by atoms with van der Waals surface area (Å²) in [5.74, 6) is 0.660. The number of hydrogen-bond acceptors (Lipinski definition) is 9. The summed E-state index contributed by atoms with van der Waals surface area (Å²) in [4.78, 5) is 27.6. The Morgan fingerprint density at radius 3 is 2.84 bits per heavy atom. The van der Waals surface area contributed by atoms with Crippen LogP contribution in [0.25, 0.3) is 0 Å². The Labute approximate surface area is 160 Å². The van der Waals surface area contributed by atoms with Gasteiger partial charge in [-0.25, -0.2) is 9.59 Å². The summed E-state index contributed by atoms with van der Waals surface area (Å²) in [7, 11) is 0. The van der Waals surface area contributed by atoms with Gasteiger partial charge in [-0.1, -0.05) is 0 Å². The zero-order valence-corrected chi connectivity index (χ0v) is 16.1. The fraction of sp³-hybridized carbons (Fsp3) is 0.615. The number of halogens is 1. The molecule has 2 heterocycles. The first-order chi connectivity index (χ1) is 11.9. The van der Waals surface area contributed by atoms with Crippen molar-refractivity contribution in [2.45, 2.75) is 24.5 Å². The number of anilines is 1. The van der Waals surface area contributed by atoms with Crippen molar-refractivity contribution in [3.8, 4) is 0 Å². The van der Waals surface area contributed by atoms with E-state index in [4.69, 9.17) is 14.6 Å². The molecule has 1 aliphatic rings. The van der Waals surface area contributed by atoms with Crippen LogP contribution in [0.1, 0.15) is 6.23 Å². The highest BCUT2D eigenvalue weighted by atomic mass is 127. The number of rotatable bonds is 6. The van der Waals surface area contributed by atoms with Gasteiger partial charge in [0, 0.05) is 11.9 Å². The molecule has 4 N–H and O–H groups in total. The number of thioether (sulfide) groups is 1. The number of nitrogens with zero attached hydrogens (tertiary/aromatic N) is 2. The molecular formula is C13H18IN3O7S. The van der Waals surface area contributed by atoms with Crippen LogP contribution in [0.15, 0.2) is 11.0 Å². The lowest BCUT2D eigenvalue weighted by atomic mass is 10.1. The number of aromatic nitrogens is 2. The second-order valence-corrected chi connectivity index (χ2v) is 7.26. The Balaban J connectivity index is 2.15. The summed E-state index contributed by atoms with van der Waals surface area (Å²) in [6, 6.07) is 0. The largest absolute Gasteiger partial charge is 0.448 e. The zero-order chi connectivity index (χ0) is 18.6. The van der Waals surface area contributed by atoms with Gasteiger partial charge in [-0.15, -0.1) is 0 Å². The smallest absolute Gasteiger partial charge is 0.412 e. The summed E-state index contributed by atoms with van der Waals surface area (Å²) < 4.78 is 11.6. The van der Waals surface area contributed by atoms with E-state index in [1.54, 1.807) is 0 Å². The highest BCUT2D eigenvalue weighted by Crippen LogP contribution is 2.28. The van der Waals surface area contributed by atoms with E-state index < -0.39 is 42.9 Å². The van der Waals surface area contributed by atoms with E-state index >= 15 is 0 Å². The molecule has 1 aliphatic heterocycles. The maximum absolute atomic E-state index is 12.2. The predicted molar refractivity (Wildman–Crippen MR) is 97.6 cm³/mol. The first-order valence-electron chi connectivity index (χ1n) is 7.23. The molecule has 0 aliphatic carbocycles. The molecule has 4 atom stereocenters.